The van der Waals surface area contributed by atoms with Gasteiger partial charge in [0.05, 0.1) is 24.5 Å². The Bertz CT molecular complexity index is 476. The van der Waals surface area contributed by atoms with Crippen LogP contribution < -0.4 is 0 Å². The minimum atomic E-state index is -0.265. The molecule has 2 aliphatic heterocycles. The standard InChI is InChI=1S/C15H20N2O4/c1-10-8-16(6-7-21-10)13(18)9-17-14(19)11-4-2-3-5-12(11)15(17)20/h2-3,10-12H,4-9H2,1H3/t10-,11-,12+/m1/s1. The number of amides is 3. The zero-order valence-electron chi connectivity index (χ0n) is 12.2. The second-order valence-corrected chi connectivity index (χ2v) is 5.94. The summed E-state index contributed by atoms with van der Waals surface area (Å²) in [5.41, 5.74) is 0. The molecule has 6 nitrogen and oxygen atoms in total. The Kier molecular flexibility index (Phi) is 3.80. The molecule has 0 radical (unpaired) electrons. The third-order valence-corrected chi connectivity index (χ3v) is 4.49. The predicted octanol–water partition coefficient (Wildman–Crippen LogP) is 0.185. The molecule has 1 aliphatic carbocycles. The van der Waals surface area contributed by atoms with Crippen molar-refractivity contribution >= 4 is 17.7 Å². The van der Waals surface area contributed by atoms with Crippen LogP contribution in [0.1, 0.15) is 19.8 Å². The maximum atomic E-state index is 12.3. The van der Waals surface area contributed by atoms with Crippen LogP contribution in [0.15, 0.2) is 12.2 Å². The lowest BCUT2D eigenvalue weighted by molar-refractivity contribution is -0.149. The fraction of sp³-hybridized carbons (Fsp3) is 0.667. The molecule has 3 amide bonds. The Morgan fingerprint density at radius 3 is 2.43 bits per heavy atom. The number of imide groups is 1. The van der Waals surface area contributed by atoms with Gasteiger partial charge < -0.3 is 9.64 Å². The molecule has 0 unspecified atom stereocenters. The lowest BCUT2D eigenvalue weighted by atomic mass is 9.85. The van der Waals surface area contributed by atoms with Gasteiger partial charge in [-0.25, -0.2) is 0 Å². The quantitative estimate of drug-likeness (QED) is 0.538. The number of nitrogens with zero attached hydrogens (tertiary/aromatic N) is 2. The number of fused-ring (bicyclic) bond motifs is 1. The maximum absolute atomic E-state index is 12.3. The van der Waals surface area contributed by atoms with E-state index < -0.39 is 0 Å². The number of hydrogen-bond donors (Lipinski definition) is 0. The Morgan fingerprint density at radius 1 is 1.24 bits per heavy atom. The first kappa shape index (κ1) is 14.3. The molecule has 2 saturated heterocycles. The first-order valence-corrected chi connectivity index (χ1v) is 7.47. The smallest absolute Gasteiger partial charge is 0.242 e. The lowest BCUT2D eigenvalue weighted by Crippen LogP contribution is -2.49. The zero-order valence-corrected chi connectivity index (χ0v) is 12.2. The van der Waals surface area contributed by atoms with Gasteiger partial charge in [-0.2, -0.15) is 0 Å². The van der Waals surface area contributed by atoms with E-state index in [1.54, 1.807) is 4.90 Å². The number of rotatable bonds is 2. The molecule has 0 aromatic heterocycles. The van der Waals surface area contributed by atoms with Crippen molar-refractivity contribution in [2.45, 2.75) is 25.9 Å². The highest BCUT2D eigenvalue weighted by Crippen LogP contribution is 2.34. The van der Waals surface area contributed by atoms with Gasteiger partial charge in [0.15, 0.2) is 0 Å². The second-order valence-electron chi connectivity index (χ2n) is 5.94. The number of likely N-dealkylation sites (tertiary alicyclic amines) is 1. The molecular weight excluding hydrogens is 272 g/mol. The van der Waals surface area contributed by atoms with E-state index >= 15 is 0 Å². The number of carbonyl (C=O) groups excluding carboxylic acids is 3. The van der Waals surface area contributed by atoms with E-state index in [2.05, 4.69) is 0 Å². The summed E-state index contributed by atoms with van der Waals surface area (Å²) >= 11 is 0. The van der Waals surface area contributed by atoms with Gasteiger partial charge in [-0.3, -0.25) is 19.3 Å². The second kappa shape index (κ2) is 5.60. The van der Waals surface area contributed by atoms with Gasteiger partial charge in [0.1, 0.15) is 6.54 Å². The Hall–Kier alpha value is -1.69. The lowest BCUT2D eigenvalue weighted by Gasteiger charge is -2.32. The highest BCUT2D eigenvalue weighted by molar-refractivity contribution is 6.07. The van der Waals surface area contributed by atoms with Crippen molar-refractivity contribution in [3.63, 3.8) is 0 Å². The van der Waals surface area contributed by atoms with Crippen molar-refractivity contribution < 1.29 is 19.1 Å². The summed E-state index contributed by atoms with van der Waals surface area (Å²) in [6, 6.07) is 0. The Balaban J connectivity index is 1.66. The average molecular weight is 292 g/mol. The number of allylic oxidation sites excluding steroid dienone is 2. The molecule has 21 heavy (non-hydrogen) atoms. The zero-order chi connectivity index (χ0) is 15.0. The van der Waals surface area contributed by atoms with E-state index in [0.717, 1.165) is 4.90 Å². The van der Waals surface area contributed by atoms with Crippen LogP contribution in [0.5, 0.6) is 0 Å². The van der Waals surface area contributed by atoms with Crippen LogP contribution in [0.4, 0.5) is 0 Å². The summed E-state index contributed by atoms with van der Waals surface area (Å²) in [6.07, 6.45) is 5.10. The molecule has 0 spiro atoms. The molecule has 114 valence electrons. The molecular formula is C15H20N2O4. The van der Waals surface area contributed by atoms with Gasteiger partial charge in [-0.15, -0.1) is 0 Å². The molecule has 0 saturated carbocycles. The van der Waals surface area contributed by atoms with E-state index in [0.29, 0.717) is 32.5 Å². The van der Waals surface area contributed by atoms with Crippen LogP contribution in [-0.4, -0.2) is 59.9 Å². The van der Waals surface area contributed by atoms with Crippen molar-refractivity contribution in [2.24, 2.45) is 11.8 Å². The predicted molar refractivity (Wildman–Crippen MR) is 74.1 cm³/mol. The molecule has 2 heterocycles. The summed E-state index contributed by atoms with van der Waals surface area (Å²) in [4.78, 5) is 39.8. The van der Waals surface area contributed by atoms with Crippen molar-refractivity contribution in [1.29, 1.82) is 0 Å². The first-order valence-electron chi connectivity index (χ1n) is 7.47. The third-order valence-electron chi connectivity index (χ3n) is 4.49. The number of hydrogen-bond acceptors (Lipinski definition) is 4. The van der Waals surface area contributed by atoms with Crippen molar-refractivity contribution in [1.82, 2.24) is 9.80 Å². The summed E-state index contributed by atoms with van der Waals surface area (Å²) in [6.45, 7) is 3.32. The molecule has 6 heteroatoms. The third kappa shape index (κ3) is 2.60. The van der Waals surface area contributed by atoms with E-state index in [-0.39, 0.29) is 42.2 Å². The SMILES string of the molecule is C[C@@H]1CN(C(=O)CN2C(=O)[C@H]3CC=CC[C@H]3C2=O)CCO1. The van der Waals surface area contributed by atoms with Gasteiger partial charge >= 0.3 is 0 Å². The van der Waals surface area contributed by atoms with Gasteiger partial charge in [0.25, 0.3) is 0 Å². The van der Waals surface area contributed by atoms with Crippen LogP contribution in [0.3, 0.4) is 0 Å². The molecule has 3 atom stereocenters. The van der Waals surface area contributed by atoms with Gasteiger partial charge in [0.2, 0.25) is 17.7 Å². The molecule has 3 aliphatic rings. The number of ether oxygens (including phenoxy) is 1. The molecule has 3 rings (SSSR count). The highest BCUT2D eigenvalue weighted by Gasteiger charge is 2.47. The van der Waals surface area contributed by atoms with Crippen molar-refractivity contribution in [3.05, 3.63) is 12.2 Å². The minimum Gasteiger partial charge on any atom is -0.375 e. The fourth-order valence-corrected chi connectivity index (χ4v) is 3.31. The van der Waals surface area contributed by atoms with Gasteiger partial charge in [-0.1, -0.05) is 12.2 Å². The number of morpholine rings is 1. The van der Waals surface area contributed by atoms with E-state index in [4.69, 9.17) is 4.74 Å². The molecule has 0 aromatic rings. The van der Waals surface area contributed by atoms with Crippen LogP contribution >= 0.6 is 0 Å². The largest absolute Gasteiger partial charge is 0.375 e. The summed E-state index contributed by atoms with van der Waals surface area (Å²) in [5.74, 6) is -1.08. The maximum Gasteiger partial charge on any atom is 0.242 e. The molecule has 0 N–H and O–H groups in total. The molecule has 2 fully saturated rings. The summed E-state index contributed by atoms with van der Waals surface area (Å²) < 4.78 is 5.40. The van der Waals surface area contributed by atoms with Crippen molar-refractivity contribution in [3.8, 4) is 0 Å². The van der Waals surface area contributed by atoms with Crippen LogP contribution in [0.2, 0.25) is 0 Å². The van der Waals surface area contributed by atoms with Crippen molar-refractivity contribution in [2.75, 3.05) is 26.2 Å². The first-order chi connectivity index (χ1) is 10.1. The Morgan fingerprint density at radius 2 is 1.86 bits per heavy atom. The van der Waals surface area contributed by atoms with E-state index in [1.165, 1.54) is 0 Å². The van der Waals surface area contributed by atoms with Gasteiger partial charge in [0, 0.05) is 13.1 Å². The topological polar surface area (TPSA) is 66.9 Å². The van der Waals surface area contributed by atoms with E-state index in [9.17, 15) is 14.4 Å². The molecule has 0 bridgehead atoms. The normalized spacial score (nSPS) is 32.5. The van der Waals surface area contributed by atoms with Crippen LogP contribution in [0.25, 0.3) is 0 Å². The van der Waals surface area contributed by atoms with Gasteiger partial charge in [-0.05, 0) is 19.8 Å². The summed E-state index contributed by atoms with van der Waals surface area (Å²) in [5, 5.41) is 0. The van der Waals surface area contributed by atoms with Crippen LogP contribution in [0, 0.1) is 11.8 Å². The average Bonchev–Trinajstić information content (AvgIpc) is 2.73. The van der Waals surface area contributed by atoms with Crippen LogP contribution in [-0.2, 0) is 19.1 Å². The Labute approximate surface area is 123 Å². The molecule has 0 aromatic carbocycles. The monoisotopic (exact) mass is 292 g/mol. The number of carbonyl (C=O) groups is 3. The highest BCUT2D eigenvalue weighted by atomic mass is 16.5. The minimum absolute atomic E-state index is 0.000498. The summed E-state index contributed by atoms with van der Waals surface area (Å²) in [7, 11) is 0. The fourth-order valence-electron chi connectivity index (χ4n) is 3.31. The van der Waals surface area contributed by atoms with E-state index in [1.807, 2.05) is 19.1 Å².